The molecule has 0 bridgehead atoms. The second-order valence-corrected chi connectivity index (χ2v) is 12.0. The molecule has 0 spiro atoms. The normalized spacial score (nSPS) is 32.5. The molecule has 2 aromatic carbocycles. The van der Waals surface area contributed by atoms with Gasteiger partial charge in [0.1, 0.15) is 5.82 Å². The lowest BCUT2D eigenvalue weighted by molar-refractivity contribution is 0.0710. The van der Waals surface area contributed by atoms with Crippen molar-refractivity contribution < 1.29 is 4.39 Å². The van der Waals surface area contributed by atoms with Crippen molar-refractivity contribution in [2.45, 2.75) is 109 Å². The molecule has 3 aliphatic carbocycles. The van der Waals surface area contributed by atoms with Crippen LogP contribution in [0.5, 0.6) is 0 Å². The Morgan fingerprint density at radius 3 is 2.15 bits per heavy atom. The minimum atomic E-state index is -0.132. The van der Waals surface area contributed by atoms with Gasteiger partial charge in [0.25, 0.3) is 0 Å². The fourth-order valence-electron chi connectivity index (χ4n) is 7.95. The Morgan fingerprint density at radius 1 is 0.667 bits per heavy atom. The van der Waals surface area contributed by atoms with Gasteiger partial charge < -0.3 is 0 Å². The number of halogens is 1. The zero-order valence-corrected chi connectivity index (χ0v) is 20.9. The minimum absolute atomic E-state index is 0.132. The van der Waals surface area contributed by atoms with E-state index in [4.69, 9.17) is 0 Å². The molecule has 0 radical (unpaired) electrons. The first-order chi connectivity index (χ1) is 16.2. The Balaban J connectivity index is 1.11. The van der Waals surface area contributed by atoms with E-state index in [1.54, 1.807) is 12.1 Å². The SMILES string of the molecule is CCCCCCC1CCC(C2CCC3CC(c4ccc5cc(F)ccc5c4)CCC3C2)CC1. The second kappa shape index (κ2) is 10.9. The molecule has 2 aromatic rings. The van der Waals surface area contributed by atoms with E-state index in [-0.39, 0.29) is 5.82 Å². The molecule has 0 aliphatic heterocycles. The summed E-state index contributed by atoms with van der Waals surface area (Å²) >= 11 is 0. The van der Waals surface area contributed by atoms with Gasteiger partial charge in [-0.2, -0.15) is 0 Å². The molecule has 4 atom stereocenters. The van der Waals surface area contributed by atoms with Crippen LogP contribution in [-0.2, 0) is 0 Å². The molecular formula is C32H45F. The first kappa shape index (κ1) is 23.4. The smallest absolute Gasteiger partial charge is 0.123 e. The van der Waals surface area contributed by atoms with Crippen LogP contribution >= 0.6 is 0 Å². The lowest BCUT2D eigenvalue weighted by Gasteiger charge is -2.45. The highest BCUT2D eigenvalue weighted by atomic mass is 19.1. The minimum Gasteiger partial charge on any atom is -0.207 e. The maximum atomic E-state index is 13.5. The maximum Gasteiger partial charge on any atom is 0.123 e. The predicted molar refractivity (Wildman–Crippen MR) is 139 cm³/mol. The van der Waals surface area contributed by atoms with E-state index in [2.05, 4.69) is 25.1 Å². The third-order valence-electron chi connectivity index (χ3n) is 9.98. The number of benzene rings is 2. The summed E-state index contributed by atoms with van der Waals surface area (Å²) in [5, 5.41) is 2.23. The van der Waals surface area contributed by atoms with Crippen LogP contribution in [0.1, 0.15) is 115 Å². The van der Waals surface area contributed by atoms with Gasteiger partial charge in [-0.25, -0.2) is 4.39 Å². The summed E-state index contributed by atoms with van der Waals surface area (Å²) < 4.78 is 13.5. The first-order valence-electron chi connectivity index (χ1n) is 14.4. The van der Waals surface area contributed by atoms with Crippen LogP contribution in [0.3, 0.4) is 0 Å². The Hall–Kier alpha value is -1.37. The van der Waals surface area contributed by atoms with Gasteiger partial charge in [0, 0.05) is 0 Å². The lowest BCUT2D eigenvalue weighted by Crippen LogP contribution is -2.34. The van der Waals surface area contributed by atoms with Crippen molar-refractivity contribution in [3.05, 3.63) is 47.8 Å². The van der Waals surface area contributed by atoms with Crippen LogP contribution in [0.4, 0.5) is 4.39 Å². The maximum absolute atomic E-state index is 13.5. The standard InChI is InChI=1S/C32H45F/c1-2-3-4-5-6-23-7-9-24(10-8-23)25-11-12-27-20-28(14-13-26(27)19-25)29-15-16-31-22-32(33)18-17-30(31)21-29/h15-18,21-28H,2-14,19-20H2,1H3. The van der Waals surface area contributed by atoms with Crippen LogP contribution in [0.15, 0.2) is 36.4 Å². The third kappa shape index (κ3) is 5.66. The molecule has 0 aromatic heterocycles. The van der Waals surface area contributed by atoms with Gasteiger partial charge in [0.05, 0.1) is 0 Å². The first-order valence-corrected chi connectivity index (χ1v) is 14.4. The highest BCUT2D eigenvalue weighted by Crippen LogP contribution is 2.51. The summed E-state index contributed by atoms with van der Waals surface area (Å²) in [6, 6.07) is 12.0. The summed E-state index contributed by atoms with van der Waals surface area (Å²) in [4.78, 5) is 0. The van der Waals surface area contributed by atoms with Crippen molar-refractivity contribution >= 4 is 10.8 Å². The Labute approximate surface area is 201 Å². The number of hydrogen-bond donors (Lipinski definition) is 0. The molecular weight excluding hydrogens is 403 g/mol. The van der Waals surface area contributed by atoms with Gasteiger partial charge in [0.15, 0.2) is 0 Å². The van der Waals surface area contributed by atoms with E-state index in [0.717, 1.165) is 35.0 Å². The quantitative estimate of drug-likeness (QED) is 0.370. The predicted octanol–water partition coefficient (Wildman–Crippen LogP) is 10.1. The molecule has 3 saturated carbocycles. The van der Waals surface area contributed by atoms with Crippen molar-refractivity contribution in [1.82, 2.24) is 0 Å². The van der Waals surface area contributed by atoms with Crippen LogP contribution in [0, 0.1) is 35.4 Å². The molecule has 0 nitrogen and oxygen atoms in total. The number of fused-ring (bicyclic) bond motifs is 2. The average molecular weight is 449 g/mol. The molecule has 33 heavy (non-hydrogen) atoms. The molecule has 0 amide bonds. The fraction of sp³-hybridized carbons (Fsp3) is 0.688. The number of unbranched alkanes of at least 4 members (excludes halogenated alkanes) is 3. The van der Waals surface area contributed by atoms with Crippen molar-refractivity contribution in [3.8, 4) is 0 Å². The summed E-state index contributed by atoms with van der Waals surface area (Å²) in [5.41, 5.74) is 1.49. The van der Waals surface area contributed by atoms with Crippen molar-refractivity contribution in [3.63, 3.8) is 0 Å². The Kier molecular flexibility index (Phi) is 7.73. The van der Waals surface area contributed by atoms with Gasteiger partial charge >= 0.3 is 0 Å². The van der Waals surface area contributed by atoms with Crippen LogP contribution in [-0.4, -0.2) is 0 Å². The number of hydrogen-bond acceptors (Lipinski definition) is 0. The molecule has 0 saturated heterocycles. The van der Waals surface area contributed by atoms with Crippen molar-refractivity contribution in [1.29, 1.82) is 0 Å². The Bertz CT molecular complexity index is 893. The molecule has 0 N–H and O–H groups in total. The summed E-state index contributed by atoms with van der Waals surface area (Å²) in [5.74, 6) is 5.62. The monoisotopic (exact) mass is 448 g/mol. The summed E-state index contributed by atoms with van der Waals surface area (Å²) in [6.07, 6.45) is 22.0. The van der Waals surface area contributed by atoms with Gasteiger partial charge in [0.2, 0.25) is 0 Å². The van der Waals surface area contributed by atoms with Crippen LogP contribution in [0.25, 0.3) is 10.8 Å². The van der Waals surface area contributed by atoms with E-state index in [1.807, 2.05) is 6.07 Å². The van der Waals surface area contributed by atoms with Gasteiger partial charge in [-0.1, -0.05) is 76.1 Å². The molecule has 180 valence electrons. The van der Waals surface area contributed by atoms with E-state index >= 15 is 0 Å². The third-order valence-corrected chi connectivity index (χ3v) is 9.98. The molecule has 1 heteroatoms. The summed E-state index contributed by atoms with van der Waals surface area (Å²) in [6.45, 7) is 2.32. The zero-order chi connectivity index (χ0) is 22.6. The summed E-state index contributed by atoms with van der Waals surface area (Å²) in [7, 11) is 0. The van der Waals surface area contributed by atoms with Crippen LogP contribution in [0.2, 0.25) is 0 Å². The molecule has 3 fully saturated rings. The molecule has 0 heterocycles. The topological polar surface area (TPSA) is 0 Å². The molecule has 5 rings (SSSR count). The van der Waals surface area contributed by atoms with Gasteiger partial charge in [-0.15, -0.1) is 0 Å². The highest BCUT2D eigenvalue weighted by Gasteiger charge is 2.39. The number of rotatable bonds is 7. The fourth-order valence-corrected chi connectivity index (χ4v) is 7.95. The average Bonchev–Trinajstić information content (AvgIpc) is 2.86. The van der Waals surface area contributed by atoms with Gasteiger partial charge in [-0.05, 0) is 115 Å². The largest absolute Gasteiger partial charge is 0.207 e. The van der Waals surface area contributed by atoms with E-state index in [1.165, 1.54) is 107 Å². The highest BCUT2D eigenvalue weighted by molar-refractivity contribution is 5.83. The molecule has 4 unspecified atom stereocenters. The second-order valence-electron chi connectivity index (χ2n) is 12.0. The van der Waals surface area contributed by atoms with Crippen LogP contribution < -0.4 is 0 Å². The van der Waals surface area contributed by atoms with Gasteiger partial charge in [-0.3, -0.25) is 0 Å². The zero-order valence-electron chi connectivity index (χ0n) is 20.9. The van der Waals surface area contributed by atoms with E-state index in [0.29, 0.717) is 5.92 Å². The lowest BCUT2D eigenvalue weighted by atomic mass is 9.60. The van der Waals surface area contributed by atoms with Crippen molar-refractivity contribution in [2.24, 2.45) is 29.6 Å². The van der Waals surface area contributed by atoms with E-state index in [9.17, 15) is 4.39 Å². The van der Waals surface area contributed by atoms with E-state index < -0.39 is 0 Å². The molecule has 3 aliphatic rings. The van der Waals surface area contributed by atoms with Crippen molar-refractivity contribution in [2.75, 3.05) is 0 Å². The Morgan fingerprint density at radius 2 is 1.33 bits per heavy atom.